The van der Waals surface area contributed by atoms with Crippen LogP contribution in [0.1, 0.15) is 66.7 Å². The largest absolute Gasteiger partial charge is 0.458 e. The maximum atomic E-state index is 13.9. The van der Waals surface area contributed by atoms with Crippen molar-refractivity contribution in [3.8, 4) is 0 Å². The molecule has 6 atom stereocenters. The highest BCUT2D eigenvalue weighted by atomic mass is 16.6. The number of carbonyl (C=O) groups is 6. The van der Waals surface area contributed by atoms with E-state index < -0.39 is 58.4 Å². The van der Waals surface area contributed by atoms with Crippen molar-refractivity contribution in [2.45, 2.75) is 72.3 Å². The molecule has 36 heavy (non-hydrogen) atoms. The number of Topliss-reactive ketones (excluding diaryl/α,β-unsaturated/α-hetero) is 2. The van der Waals surface area contributed by atoms with Crippen LogP contribution >= 0.6 is 0 Å². The number of ketones is 3. The molecule has 0 spiro atoms. The predicted molar refractivity (Wildman–Crippen MR) is 124 cm³/mol. The number of carbonyl (C=O) groups excluding carboxylic acids is 6. The van der Waals surface area contributed by atoms with Crippen molar-refractivity contribution in [1.82, 2.24) is 0 Å². The van der Waals surface area contributed by atoms with Crippen molar-refractivity contribution < 1.29 is 43.0 Å². The molecular formula is C27H32O9. The highest BCUT2D eigenvalue weighted by molar-refractivity contribution is 6.06. The van der Waals surface area contributed by atoms with Crippen LogP contribution in [0.3, 0.4) is 0 Å². The van der Waals surface area contributed by atoms with E-state index in [2.05, 4.69) is 0 Å². The van der Waals surface area contributed by atoms with E-state index in [-0.39, 0.29) is 36.2 Å². The molecule has 3 saturated carbocycles. The molecule has 0 saturated heterocycles. The van der Waals surface area contributed by atoms with Gasteiger partial charge in [0.1, 0.15) is 5.78 Å². The van der Waals surface area contributed by atoms with Crippen molar-refractivity contribution in [3.63, 3.8) is 0 Å². The smallest absolute Gasteiger partial charge is 0.308 e. The maximum absolute atomic E-state index is 13.9. The Balaban J connectivity index is 1.75. The van der Waals surface area contributed by atoms with Crippen molar-refractivity contribution in [1.29, 1.82) is 0 Å². The Labute approximate surface area is 209 Å². The Morgan fingerprint density at radius 3 is 2.31 bits per heavy atom. The van der Waals surface area contributed by atoms with Gasteiger partial charge < -0.3 is 14.2 Å². The maximum Gasteiger partial charge on any atom is 0.308 e. The SMILES string of the molecule is CC(=O)OCC(=O)[C@@]1(OC(C)=O)CC[C@H]2[C@@H]3CCC4=CC(=O)C(OC(C)=O)=C[C@]4(C)[C@H]3C(=O)C[C@@]21C. The monoisotopic (exact) mass is 500 g/mol. The molecule has 0 aromatic carbocycles. The van der Waals surface area contributed by atoms with E-state index >= 15 is 0 Å². The number of esters is 3. The summed E-state index contributed by atoms with van der Waals surface area (Å²) in [6.07, 6.45) is 5.09. The lowest BCUT2D eigenvalue weighted by Crippen LogP contribution is -2.62. The van der Waals surface area contributed by atoms with Crippen molar-refractivity contribution in [2.24, 2.45) is 28.6 Å². The van der Waals surface area contributed by atoms with Crippen LogP contribution in [0, 0.1) is 28.6 Å². The molecule has 9 heteroatoms. The van der Waals surface area contributed by atoms with Gasteiger partial charge in [-0.25, -0.2) is 0 Å². The number of rotatable bonds is 5. The van der Waals surface area contributed by atoms with Gasteiger partial charge in [0.15, 0.2) is 18.0 Å². The van der Waals surface area contributed by atoms with Gasteiger partial charge in [-0.15, -0.1) is 0 Å². The third-order valence-corrected chi connectivity index (χ3v) is 8.87. The van der Waals surface area contributed by atoms with Crippen LogP contribution < -0.4 is 0 Å². The molecule has 0 N–H and O–H groups in total. The molecule has 0 aromatic heterocycles. The first-order valence-corrected chi connectivity index (χ1v) is 12.3. The molecular weight excluding hydrogens is 468 g/mol. The number of hydrogen-bond acceptors (Lipinski definition) is 9. The summed E-state index contributed by atoms with van der Waals surface area (Å²) in [7, 11) is 0. The summed E-state index contributed by atoms with van der Waals surface area (Å²) in [4.78, 5) is 75.0. The second kappa shape index (κ2) is 8.78. The minimum atomic E-state index is -1.57. The summed E-state index contributed by atoms with van der Waals surface area (Å²) < 4.78 is 15.9. The van der Waals surface area contributed by atoms with Crippen LogP contribution in [-0.2, 0) is 43.0 Å². The van der Waals surface area contributed by atoms with Gasteiger partial charge in [-0.05, 0) is 49.7 Å². The molecule has 0 aromatic rings. The van der Waals surface area contributed by atoms with Gasteiger partial charge in [0.05, 0.1) is 0 Å². The Kier molecular flexibility index (Phi) is 6.34. The summed E-state index contributed by atoms with van der Waals surface area (Å²) in [6.45, 7) is 6.83. The first-order chi connectivity index (χ1) is 16.7. The van der Waals surface area contributed by atoms with Crippen molar-refractivity contribution in [3.05, 3.63) is 23.5 Å². The Bertz CT molecular complexity index is 1130. The normalized spacial score (nSPS) is 37.0. The van der Waals surface area contributed by atoms with Crippen LogP contribution in [0.2, 0.25) is 0 Å². The Morgan fingerprint density at radius 1 is 1.00 bits per heavy atom. The number of fused-ring (bicyclic) bond motifs is 5. The molecule has 4 aliphatic rings. The lowest BCUT2D eigenvalue weighted by atomic mass is 9.46. The Morgan fingerprint density at radius 2 is 1.69 bits per heavy atom. The lowest BCUT2D eigenvalue weighted by Gasteiger charge is -2.57. The van der Waals surface area contributed by atoms with E-state index in [1.165, 1.54) is 26.8 Å². The standard InChI is InChI=1S/C27H32O9/c1-14(28)34-13-23(33)27(36-16(3)30)9-8-19-18-7-6-17-10-20(31)22(35-15(2)29)12-25(17,4)24(18)21(32)11-26(19,27)5/h10,12,18-19,24H,6-9,11,13H2,1-5H3/t18-,19-,24+,25-,26-,27-/m0/s1. The zero-order chi connectivity index (χ0) is 26.6. The van der Waals surface area contributed by atoms with Gasteiger partial charge in [-0.3, -0.25) is 28.8 Å². The summed E-state index contributed by atoms with van der Waals surface area (Å²) in [5.41, 5.74) is -2.53. The summed E-state index contributed by atoms with van der Waals surface area (Å²) in [5.74, 6) is -3.70. The average molecular weight is 501 g/mol. The van der Waals surface area contributed by atoms with E-state index in [4.69, 9.17) is 14.2 Å². The fraction of sp³-hybridized carbons (Fsp3) is 0.630. The van der Waals surface area contributed by atoms with Gasteiger partial charge in [0.25, 0.3) is 0 Å². The van der Waals surface area contributed by atoms with Crippen LogP contribution in [0.25, 0.3) is 0 Å². The van der Waals surface area contributed by atoms with E-state index in [1.54, 1.807) is 6.08 Å². The molecule has 0 amide bonds. The van der Waals surface area contributed by atoms with E-state index in [9.17, 15) is 28.8 Å². The topological polar surface area (TPSA) is 130 Å². The number of ether oxygens (including phenoxy) is 3. The van der Waals surface area contributed by atoms with E-state index in [0.717, 1.165) is 5.57 Å². The molecule has 3 fully saturated rings. The third-order valence-electron chi connectivity index (χ3n) is 8.87. The molecule has 194 valence electrons. The minimum Gasteiger partial charge on any atom is -0.458 e. The van der Waals surface area contributed by atoms with E-state index in [1.807, 2.05) is 13.8 Å². The van der Waals surface area contributed by atoms with Gasteiger partial charge in [-0.2, -0.15) is 0 Å². The quantitative estimate of drug-likeness (QED) is 0.413. The van der Waals surface area contributed by atoms with Crippen LogP contribution in [-0.4, -0.2) is 47.5 Å². The molecule has 0 bridgehead atoms. The molecule has 4 rings (SSSR count). The van der Waals surface area contributed by atoms with Crippen LogP contribution in [0.5, 0.6) is 0 Å². The lowest BCUT2D eigenvalue weighted by molar-refractivity contribution is -0.191. The zero-order valence-corrected chi connectivity index (χ0v) is 21.3. The highest BCUT2D eigenvalue weighted by Gasteiger charge is 2.70. The molecule has 0 unspecified atom stereocenters. The minimum absolute atomic E-state index is 0.00845. The first-order valence-electron chi connectivity index (χ1n) is 12.3. The molecule has 4 aliphatic carbocycles. The average Bonchev–Trinajstić information content (AvgIpc) is 3.04. The highest BCUT2D eigenvalue weighted by Crippen LogP contribution is 2.67. The first kappa shape index (κ1) is 26.0. The third kappa shape index (κ3) is 3.83. The molecule has 0 heterocycles. The van der Waals surface area contributed by atoms with Gasteiger partial charge in [-0.1, -0.05) is 19.4 Å². The second-order valence-electron chi connectivity index (χ2n) is 10.9. The summed E-state index contributed by atoms with van der Waals surface area (Å²) >= 11 is 0. The van der Waals surface area contributed by atoms with Gasteiger partial charge >= 0.3 is 17.9 Å². The predicted octanol–water partition coefficient (Wildman–Crippen LogP) is 2.80. The number of hydrogen-bond donors (Lipinski definition) is 0. The van der Waals surface area contributed by atoms with Gasteiger partial charge in [0.2, 0.25) is 11.6 Å². The zero-order valence-electron chi connectivity index (χ0n) is 21.3. The Hall–Kier alpha value is -3.10. The number of allylic oxidation sites excluding steroid dienone is 3. The van der Waals surface area contributed by atoms with Crippen molar-refractivity contribution >= 4 is 35.3 Å². The molecule has 0 aliphatic heterocycles. The fourth-order valence-corrected chi connectivity index (χ4v) is 7.53. The second-order valence-corrected chi connectivity index (χ2v) is 10.9. The van der Waals surface area contributed by atoms with Crippen molar-refractivity contribution in [2.75, 3.05) is 6.61 Å². The fourth-order valence-electron chi connectivity index (χ4n) is 7.53. The van der Waals surface area contributed by atoms with Crippen LogP contribution in [0.15, 0.2) is 23.5 Å². The summed E-state index contributed by atoms with van der Waals surface area (Å²) in [5, 5.41) is 0. The summed E-state index contributed by atoms with van der Waals surface area (Å²) in [6, 6.07) is 0. The molecule has 9 nitrogen and oxygen atoms in total. The van der Waals surface area contributed by atoms with E-state index in [0.29, 0.717) is 19.3 Å². The van der Waals surface area contributed by atoms with Gasteiger partial charge in [0, 0.05) is 43.9 Å². The van der Waals surface area contributed by atoms with Crippen LogP contribution in [0.4, 0.5) is 0 Å². The molecule has 0 radical (unpaired) electrons.